The minimum Gasteiger partial charge on any atom is -0.473 e. The highest BCUT2D eigenvalue weighted by Crippen LogP contribution is 2.28. The van der Waals surface area contributed by atoms with Crippen molar-refractivity contribution in [2.75, 3.05) is 12.1 Å². The van der Waals surface area contributed by atoms with Crippen molar-refractivity contribution in [3.8, 4) is 17.1 Å². The molecule has 1 aromatic carbocycles. The topological polar surface area (TPSA) is 119 Å². The third-order valence-electron chi connectivity index (χ3n) is 4.73. The lowest BCUT2D eigenvalue weighted by Gasteiger charge is -2.19. The van der Waals surface area contributed by atoms with Crippen LogP contribution in [-0.2, 0) is 11.4 Å². The molecule has 31 heavy (non-hydrogen) atoms. The molecular weight excluding hydrogens is 392 g/mol. The van der Waals surface area contributed by atoms with Crippen LogP contribution >= 0.6 is 0 Å². The molecule has 0 unspecified atom stereocenters. The van der Waals surface area contributed by atoms with E-state index in [1.807, 2.05) is 52.2 Å². The maximum atomic E-state index is 8.94. The molecule has 0 aliphatic heterocycles. The smallest absolute Gasteiger partial charge is 0.221 e. The molecule has 2 heterocycles. The number of carbonyl (C=O) groups is 1. The second-order valence-corrected chi connectivity index (χ2v) is 7.22. The SMILES string of the molecule is Cc1ccc(-c2cc(C)c(OCc3c(C)cccc3N(C)N)nc2C)nc1.NNC=O. The largest absolute Gasteiger partial charge is 0.473 e. The molecule has 8 heteroatoms. The van der Waals surface area contributed by atoms with E-state index >= 15 is 0 Å². The van der Waals surface area contributed by atoms with E-state index in [1.54, 1.807) is 10.4 Å². The number of ether oxygens (including phenoxy) is 1. The molecule has 2 aromatic heterocycles. The fourth-order valence-electron chi connectivity index (χ4n) is 3.06. The highest BCUT2D eigenvalue weighted by molar-refractivity contribution is 5.63. The molecule has 8 nitrogen and oxygen atoms in total. The molecule has 0 aliphatic carbocycles. The van der Waals surface area contributed by atoms with Crippen LogP contribution in [0.2, 0.25) is 0 Å². The number of nitrogens with zero attached hydrogens (tertiary/aromatic N) is 3. The Bertz CT molecular complexity index is 1020. The maximum Gasteiger partial charge on any atom is 0.221 e. The van der Waals surface area contributed by atoms with Gasteiger partial charge in [0.15, 0.2) is 0 Å². The van der Waals surface area contributed by atoms with Crippen LogP contribution in [0.5, 0.6) is 5.88 Å². The van der Waals surface area contributed by atoms with E-state index in [4.69, 9.17) is 15.4 Å². The number of carbonyl (C=O) groups excluding carboxylic acids is 1. The van der Waals surface area contributed by atoms with E-state index in [9.17, 15) is 0 Å². The number of hydrogen-bond donors (Lipinski definition) is 3. The average molecular weight is 423 g/mol. The van der Waals surface area contributed by atoms with Gasteiger partial charge in [-0.2, -0.15) is 0 Å². The van der Waals surface area contributed by atoms with Crippen LogP contribution in [0.25, 0.3) is 11.3 Å². The molecule has 0 spiro atoms. The summed E-state index contributed by atoms with van der Waals surface area (Å²) >= 11 is 0. The number of hydrogen-bond acceptors (Lipinski definition) is 7. The maximum absolute atomic E-state index is 8.94. The van der Waals surface area contributed by atoms with Crippen molar-refractivity contribution in [2.45, 2.75) is 34.3 Å². The van der Waals surface area contributed by atoms with Crippen LogP contribution in [0.15, 0.2) is 42.6 Å². The number of hydrazine groups is 2. The van der Waals surface area contributed by atoms with E-state index in [-0.39, 0.29) is 0 Å². The summed E-state index contributed by atoms with van der Waals surface area (Å²) in [5.74, 6) is 11.0. The summed E-state index contributed by atoms with van der Waals surface area (Å²) in [7, 11) is 1.83. The third-order valence-corrected chi connectivity index (χ3v) is 4.73. The fourth-order valence-corrected chi connectivity index (χ4v) is 3.06. The minimum absolute atomic E-state index is 0.403. The lowest BCUT2D eigenvalue weighted by Crippen LogP contribution is -2.26. The molecule has 1 amide bonds. The molecule has 0 fully saturated rings. The summed E-state index contributed by atoms with van der Waals surface area (Å²) in [5.41, 5.74) is 9.86. The third kappa shape index (κ3) is 6.24. The van der Waals surface area contributed by atoms with Crippen LogP contribution in [0.3, 0.4) is 0 Å². The molecule has 0 aliphatic rings. The van der Waals surface area contributed by atoms with E-state index in [2.05, 4.69) is 40.9 Å². The molecule has 164 valence electrons. The number of anilines is 1. The number of benzene rings is 1. The first-order valence-corrected chi connectivity index (χ1v) is 9.79. The van der Waals surface area contributed by atoms with Gasteiger partial charge in [0.1, 0.15) is 6.61 Å². The Labute approximate surface area is 183 Å². The summed E-state index contributed by atoms with van der Waals surface area (Å²) in [6, 6.07) is 12.2. The Balaban J connectivity index is 0.000000785. The van der Waals surface area contributed by atoms with Gasteiger partial charge in [0.25, 0.3) is 0 Å². The number of pyridine rings is 2. The van der Waals surface area contributed by atoms with Crippen LogP contribution < -0.4 is 26.9 Å². The molecular formula is C23H30N6O2. The predicted molar refractivity (Wildman–Crippen MR) is 123 cm³/mol. The molecule has 3 rings (SSSR count). The monoisotopic (exact) mass is 422 g/mol. The summed E-state index contributed by atoms with van der Waals surface area (Å²) in [5, 5.41) is 1.61. The van der Waals surface area contributed by atoms with Crippen molar-refractivity contribution in [2.24, 2.45) is 11.7 Å². The van der Waals surface area contributed by atoms with Crippen molar-refractivity contribution in [3.63, 3.8) is 0 Å². The number of nitrogens with one attached hydrogen (secondary N) is 1. The van der Waals surface area contributed by atoms with Gasteiger partial charge in [0.05, 0.1) is 17.1 Å². The molecule has 5 N–H and O–H groups in total. The first-order chi connectivity index (χ1) is 14.8. The van der Waals surface area contributed by atoms with E-state index in [0.29, 0.717) is 18.9 Å². The quantitative estimate of drug-likeness (QED) is 0.242. The molecule has 0 saturated carbocycles. The normalized spacial score (nSPS) is 10.0. The van der Waals surface area contributed by atoms with E-state index in [0.717, 1.165) is 44.9 Å². The second kappa shape index (κ2) is 11.1. The summed E-state index contributed by atoms with van der Waals surface area (Å²) in [4.78, 5) is 18.1. The Morgan fingerprint density at radius 3 is 2.42 bits per heavy atom. The van der Waals surface area contributed by atoms with Gasteiger partial charge in [0.2, 0.25) is 12.3 Å². The minimum atomic E-state index is 0.403. The van der Waals surface area contributed by atoms with Crippen LogP contribution in [0, 0.1) is 27.7 Å². The van der Waals surface area contributed by atoms with Crippen molar-refractivity contribution >= 4 is 12.1 Å². The van der Waals surface area contributed by atoms with Gasteiger partial charge < -0.3 is 9.75 Å². The van der Waals surface area contributed by atoms with Gasteiger partial charge in [-0.05, 0) is 57.0 Å². The fraction of sp³-hybridized carbons (Fsp3) is 0.261. The first-order valence-electron chi connectivity index (χ1n) is 9.79. The van der Waals surface area contributed by atoms with Crippen molar-refractivity contribution in [1.82, 2.24) is 15.4 Å². The van der Waals surface area contributed by atoms with Crippen LogP contribution in [-0.4, -0.2) is 23.4 Å². The van der Waals surface area contributed by atoms with Gasteiger partial charge in [0, 0.05) is 29.9 Å². The van der Waals surface area contributed by atoms with Gasteiger partial charge >= 0.3 is 0 Å². The standard InChI is InChI=1S/C22H26N4O.CH4N2O/c1-14-9-10-20(24-12-14)18-11-16(3)22(25-17(18)4)27-13-19-15(2)7-6-8-21(19)26(5)23;2-3-1-4/h6-12H,13,23H2,1-5H3;1H,2H2,(H,3,4). The predicted octanol–water partition coefficient (Wildman–Crippen LogP) is 2.87. The van der Waals surface area contributed by atoms with Crippen molar-refractivity contribution in [1.29, 1.82) is 0 Å². The highest BCUT2D eigenvalue weighted by Gasteiger charge is 2.13. The van der Waals surface area contributed by atoms with Gasteiger partial charge in [-0.15, -0.1) is 0 Å². The summed E-state index contributed by atoms with van der Waals surface area (Å²) in [6.45, 7) is 8.49. The Kier molecular flexibility index (Phi) is 8.48. The van der Waals surface area contributed by atoms with Gasteiger partial charge in [-0.3, -0.25) is 15.2 Å². The van der Waals surface area contributed by atoms with Crippen molar-refractivity contribution < 1.29 is 9.53 Å². The first kappa shape index (κ1) is 23.8. The number of rotatable bonds is 6. The van der Waals surface area contributed by atoms with Crippen molar-refractivity contribution in [3.05, 3.63) is 70.5 Å². The Morgan fingerprint density at radius 2 is 1.84 bits per heavy atom. The summed E-state index contributed by atoms with van der Waals surface area (Å²) < 4.78 is 6.07. The van der Waals surface area contributed by atoms with E-state index in [1.165, 1.54) is 0 Å². The molecule has 0 atom stereocenters. The second-order valence-electron chi connectivity index (χ2n) is 7.22. The summed E-state index contributed by atoms with van der Waals surface area (Å²) in [6.07, 6.45) is 2.28. The molecule has 0 radical (unpaired) electrons. The number of amides is 1. The number of aryl methyl sites for hydroxylation is 4. The Hall–Kier alpha value is -3.49. The van der Waals surface area contributed by atoms with Crippen LogP contribution in [0.4, 0.5) is 5.69 Å². The Morgan fingerprint density at radius 1 is 1.13 bits per heavy atom. The van der Waals surface area contributed by atoms with E-state index < -0.39 is 0 Å². The zero-order chi connectivity index (χ0) is 23.0. The number of aromatic nitrogens is 2. The zero-order valence-electron chi connectivity index (χ0n) is 18.6. The zero-order valence-corrected chi connectivity index (χ0v) is 18.6. The molecule has 0 bridgehead atoms. The molecule has 3 aromatic rings. The van der Waals surface area contributed by atoms with Gasteiger partial charge in [-0.1, -0.05) is 18.2 Å². The van der Waals surface area contributed by atoms with Crippen LogP contribution in [0.1, 0.15) is 27.9 Å². The lowest BCUT2D eigenvalue weighted by atomic mass is 10.1. The lowest BCUT2D eigenvalue weighted by molar-refractivity contribution is -0.109. The molecule has 0 saturated heterocycles. The van der Waals surface area contributed by atoms with Gasteiger partial charge in [-0.25, -0.2) is 16.7 Å². The highest BCUT2D eigenvalue weighted by atomic mass is 16.5. The average Bonchev–Trinajstić information content (AvgIpc) is 2.75. The number of nitrogens with two attached hydrogens (primary N) is 2.